The average molecular weight is 322 g/mol. The molecule has 0 spiro atoms. The van der Waals surface area contributed by atoms with Crippen molar-refractivity contribution in [3.05, 3.63) is 66.1 Å². The molecule has 1 aliphatic heterocycles. The van der Waals surface area contributed by atoms with Gasteiger partial charge in [0.25, 0.3) is 0 Å². The normalized spacial score (nSPS) is 15.0. The molecule has 0 atom stereocenters. The number of aromatic nitrogens is 1. The molecular formula is C20H19FN2O. The van der Waals surface area contributed by atoms with Crippen LogP contribution in [0.5, 0.6) is 11.6 Å². The minimum absolute atomic E-state index is 0.232. The number of ether oxygens (including phenoxy) is 1. The van der Waals surface area contributed by atoms with Crippen LogP contribution in [0.2, 0.25) is 0 Å². The van der Waals surface area contributed by atoms with E-state index in [0.29, 0.717) is 18.0 Å². The van der Waals surface area contributed by atoms with Crippen molar-refractivity contribution in [2.75, 3.05) is 13.1 Å². The van der Waals surface area contributed by atoms with Crippen LogP contribution in [0.3, 0.4) is 0 Å². The van der Waals surface area contributed by atoms with Crippen LogP contribution in [0.4, 0.5) is 4.39 Å². The smallest absolute Gasteiger partial charge is 0.227 e. The summed E-state index contributed by atoms with van der Waals surface area (Å²) >= 11 is 0. The lowest BCUT2D eigenvalue weighted by molar-refractivity contribution is 0.322. The second kappa shape index (κ2) is 6.57. The molecule has 122 valence electrons. The van der Waals surface area contributed by atoms with E-state index in [-0.39, 0.29) is 11.6 Å². The monoisotopic (exact) mass is 322 g/mol. The Hall–Kier alpha value is -2.46. The summed E-state index contributed by atoms with van der Waals surface area (Å²) < 4.78 is 20.7. The third kappa shape index (κ3) is 2.97. The highest BCUT2D eigenvalue weighted by Gasteiger charge is 2.17. The van der Waals surface area contributed by atoms with E-state index in [0.717, 1.165) is 23.9 Å². The van der Waals surface area contributed by atoms with Crippen LogP contribution in [0, 0.1) is 5.82 Å². The molecule has 2 heterocycles. The summed E-state index contributed by atoms with van der Waals surface area (Å²) in [5.74, 6) is 0.375. The standard InChI is InChI=1S/C20H19FN2O/c21-19-16(14-23-12-3-4-13-23)7-5-9-18(19)24-20-17-8-2-1-6-15(17)10-11-22-20/h1-2,5-11H,3-4,12-14H2. The highest BCUT2D eigenvalue weighted by Crippen LogP contribution is 2.30. The molecule has 1 fully saturated rings. The molecule has 0 bridgehead atoms. The molecule has 0 amide bonds. The molecule has 3 aromatic rings. The maximum Gasteiger partial charge on any atom is 0.227 e. The van der Waals surface area contributed by atoms with Crippen LogP contribution in [-0.4, -0.2) is 23.0 Å². The Kier molecular flexibility index (Phi) is 4.13. The van der Waals surface area contributed by atoms with Crippen LogP contribution in [0.15, 0.2) is 54.7 Å². The number of rotatable bonds is 4. The van der Waals surface area contributed by atoms with Gasteiger partial charge in [0.05, 0.1) is 0 Å². The van der Waals surface area contributed by atoms with Gasteiger partial charge in [-0.2, -0.15) is 0 Å². The lowest BCUT2D eigenvalue weighted by Gasteiger charge is -2.16. The molecule has 4 heteroatoms. The molecule has 2 aromatic carbocycles. The molecule has 0 unspecified atom stereocenters. The Morgan fingerprint density at radius 2 is 1.83 bits per heavy atom. The van der Waals surface area contributed by atoms with Gasteiger partial charge in [0.15, 0.2) is 11.6 Å². The second-order valence-corrected chi connectivity index (χ2v) is 6.15. The molecule has 24 heavy (non-hydrogen) atoms. The number of hydrogen-bond acceptors (Lipinski definition) is 3. The van der Waals surface area contributed by atoms with Gasteiger partial charge in [-0.3, -0.25) is 4.90 Å². The SMILES string of the molecule is Fc1c(CN2CCCC2)cccc1Oc1nccc2ccccc12. The van der Waals surface area contributed by atoms with Gasteiger partial charge in [0.1, 0.15) is 0 Å². The van der Waals surface area contributed by atoms with E-state index < -0.39 is 0 Å². The van der Waals surface area contributed by atoms with Crippen molar-refractivity contribution < 1.29 is 9.13 Å². The lowest BCUT2D eigenvalue weighted by Crippen LogP contribution is -2.19. The van der Waals surface area contributed by atoms with Crippen molar-refractivity contribution in [2.45, 2.75) is 19.4 Å². The molecule has 0 N–H and O–H groups in total. The highest BCUT2D eigenvalue weighted by atomic mass is 19.1. The summed E-state index contributed by atoms with van der Waals surface area (Å²) in [5, 5.41) is 1.90. The summed E-state index contributed by atoms with van der Waals surface area (Å²) in [6.45, 7) is 2.71. The van der Waals surface area contributed by atoms with Gasteiger partial charge in [0.2, 0.25) is 5.88 Å². The van der Waals surface area contributed by atoms with E-state index in [1.807, 2.05) is 42.5 Å². The van der Waals surface area contributed by atoms with Crippen molar-refractivity contribution in [3.8, 4) is 11.6 Å². The quantitative estimate of drug-likeness (QED) is 0.692. The number of hydrogen-bond donors (Lipinski definition) is 0. The van der Waals surface area contributed by atoms with E-state index in [2.05, 4.69) is 9.88 Å². The van der Waals surface area contributed by atoms with Gasteiger partial charge in [-0.05, 0) is 49.5 Å². The zero-order chi connectivity index (χ0) is 16.4. The zero-order valence-electron chi connectivity index (χ0n) is 13.4. The maximum absolute atomic E-state index is 14.8. The Morgan fingerprint density at radius 3 is 2.71 bits per heavy atom. The minimum atomic E-state index is -0.292. The minimum Gasteiger partial charge on any atom is -0.435 e. The first-order valence-electron chi connectivity index (χ1n) is 8.32. The van der Waals surface area contributed by atoms with E-state index in [1.165, 1.54) is 12.8 Å². The van der Waals surface area contributed by atoms with Crippen molar-refractivity contribution in [2.24, 2.45) is 0 Å². The fraction of sp³-hybridized carbons (Fsp3) is 0.250. The van der Waals surface area contributed by atoms with Crippen LogP contribution >= 0.6 is 0 Å². The van der Waals surface area contributed by atoms with E-state index >= 15 is 0 Å². The molecular weight excluding hydrogens is 303 g/mol. The van der Waals surface area contributed by atoms with Crippen LogP contribution in [0.25, 0.3) is 10.8 Å². The predicted octanol–water partition coefficient (Wildman–Crippen LogP) is 4.76. The molecule has 1 aliphatic rings. The molecule has 0 aliphatic carbocycles. The van der Waals surface area contributed by atoms with Crippen molar-refractivity contribution >= 4 is 10.8 Å². The predicted molar refractivity (Wildman–Crippen MR) is 92.7 cm³/mol. The maximum atomic E-state index is 14.8. The molecule has 0 saturated carbocycles. The number of benzene rings is 2. The van der Waals surface area contributed by atoms with E-state index in [9.17, 15) is 4.39 Å². The first-order valence-corrected chi connectivity index (χ1v) is 8.32. The highest BCUT2D eigenvalue weighted by molar-refractivity contribution is 5.86. The lowest BCUT2D eigenvalue weighted by atomic mass is 10.1. The number of fused-ring (bicyclic) bond motifs is 1. The Balaban J connectivity index is 1.64. The average Bonchev–Trinajstić information content (AvgIpc) is 3.12. The molecule has 0 radical (unpaired) electrons. The van der Waals surface area contributed by atoms with Crippen LogP contribution < -0.4 is 4.74 Å². The van der Waals surface area contributed by atoms with Gasteiger partial charge < -0.3 is 4.74 Å². The zero-order valence-corrected chi connectivity index (χ0v) is 13.4. The largest absolute Gasteiger partial charge is 0.435 e. The van der Waals surface area contributed by atoms with Crippen molar-refractivity contribution in [1.29, 1.82) is 0 Å². The third-order valence-corrected chi connectivity index (χ3v) is 4.48. The van der Waals surface area contributed by atoms with Crippen LogP contribution in [-0.2, 0) is 6.54 Å². The third-order valence-electron chi connectivity index (χ3n) is 4.48. The van der Waals surface area contributed by atoms with Gasteiger partial charge in [-0.1, -0.05) is 30.3 Å². The fourth-order valence-electron chi connectivity index (χ4n) is 3.22. The van der Waals surface area contributed by atoms with Crippen molar-refractivity contribution in [1.82, 2.24) is 9.88 Å². The molecule has 1 saturated heterocycles. The summed E-state index contributed by atoms with van der Waals surface area (Å²) in [5.41, 5.74) is 0.676. The molecule has 1 aromatic heterocycles. The summed E-state index contributed by atoms with van der Waals surface area (Å²) in [6.07, 6.45) is 4.07. The molecule has 3 nitrogen and oxygen atoms in total. The number of halogens is 1. The topological polar surface area (TPSA) is 25.4 Å². The summed E-state index contributed by atoms with van der Waals surface area (Å²) in [7, 11) is 0. The van der Waals surface area contributed by atoms with Gasteiger partial charge in [0, 0.05) is 23.7 Å². The second-order valence-electron chi connectivity index (χ2n) is 6.15. The van der Waals surface area contributed by atoms with E-state index in [1.54, 1.807) is 12.3 Å². The Bertz CT molecular complexity index is 854. The van der Waals surface area contributed by atoms with Gasteiger partial charge in [-0.25, -0.2) is 9.37 Å². The van der Waals surface area contributed by atoms with Crippen molar-refractivity contribution in [3.63, 3.8) is 0 Å². The van der Waals surface area contributed by atoms with Gasteiger partial charge in [-0.15, -0.1) is 0 Å². The Labute approximate surface area is 140 Å². The summed E-state index contributed by atoms with van der Waals surface area (Å²) in [6, 6.07) is 15.1. The first-order chi connectivity index (χ1) is 11.8. The fourth-order valence-corrected chi connectivity index (χ4v) is 3.22. The first kappa shape index (κ1) is 15.1. The number of likely N-dealkylation sites (tertiary alicyclic amines) is 1. The van der Waals surface area contributed by atoms with Crippen LogP contribution in [0.1, 0.15) is 18.4 Å². The number of nitrogens with zero attached hydrogens (tertiary/aromatic N) is 2. The van der Waals surface area contributed by atoms with Gasteiger partial charge >= 0.3 is 0 Å². The Morgan fingerprint density at radius 1 is 1.00 bits per heavy atom. The van der Waals surface area contributed by atoms with E-state index in [4.69, 9.17) is 4.74 Å². The number of pyridine rings is 1. The summed E-state index contributed by atoms with van der Waals surface area (Å²) in [4.78, 5) is 6.55. The molecule has 4 rings (SSSR count).